The molecule has 0 N–H and O–H groups in total. The van der Waals surface area contributed by atoms with E-state index in [-0.39, 0.29) is 24.1 Å². The van der Waals surface area contributed by atoms with Crippen LogP contribution in [0.4, 0.5) is 13.2 Å². The van der Waals surface area contributed by atoms with E-state index in [1.807, 2.05) is 0 Å². The molecule has 110 valence electrons. The van der Waals surface area contributed by atoms with Gasteiger partial charge in [0.25, 0.3) is 0 Å². The SMILES string of the molecule is O=C(C1CCCC(C(F)(F)F)C1)N1CCC(Cl)CC1. The second kappa shape index (κ2) is 5.90. The molecular weight excluding hydrogens is 279 g/mol. The predicted molar refractivity (Wildman–Crippen MR) is 67.0 cm³/mol. The van der Waals surface area contributed by atoms with Crippen LogP contribution >= 0.6 is 11.6 Å². The first-order valence-corrected chi connectivity index (χ1v) is 7.31. The number of amides is 1. The standard InChI is InChI=1S/C13H19ClF3NO/c14-11-4-6-18(7-5-11)12(19)9-2-1-3-10(8-9)13(15,16)17/h9-11H,1-8H2. The summed E-state index contributed by atoms with van der Waals surface area (Å²) >= 11 is 5.97. The van der Waals surface area contributed by atoms with E-state index in [2.05, 4.69) is 0 Å². The van der Waals surface area contributed by atoms with E-state index in [9.17, 15) is 18.0 Å². The summed E-state index contributed by atoms with van der Waals surface area (Å²) in [4.78, 5) is 13.9. The number of rotatable bonds is 1. The van der Waals surface area contributed by atoms with Gasteiger partial charge in [-0.1, -0.05) is 6.42 Å². The molecule has 2 rings (SSSR count). The van der Waals surface area contributed by atoms with E-state index in [0.717, 1.165) is 12.8 Å². The number of carbonyl (C=O) groups is 1. The molecule has 1 saturated carbocycles. The van der Waals surface area contributed by atoms with Crippen LogP contribution in [0.5, 0.6) is 0 Å². The number of halogens is 4. The first kappa shape index (κ1) is 14.9. The molecule has 1 saturated heterocycles. The maximum absolute atomic E-state index is 12.7. The van der Waals surface area contributed by atoms with Gasteiger partial charge in [0.1, 0.15) is 0 Å². The molecule has 2 atom stereocenters. The maximum Gasteiger partial charge on any atom is 0.391 e. The molecule has 0 aromatic rings. The van der Waals surface area contributed by atoms with Crippen molar-refractivity contribution in [2.45, 2.75) is 50.1 Å². The summed E-state index contributed by atoms with van der Waals surface area (Å²) in [5, 5.41) is 0.0957. The van der Waals surface area contributed by atoms with Gasteiger partial charge in [-0.05, 0) is 32.1 Å². The molecule has 1 amide bonds. The topological polar surface area (TPSA) is 20.3 Å². The third-order valence-corrected chi connectivity index (χ3v) is 4.66. The number of alkyl halides is 4. The van der Waals surface area contributed by atoms with E-state index in [4.69, 9.17) is 11.6 Å². The smallest absolute Gasteiger partial charge is 0.342 e. The van der Waals surface area contributed by atoms with Crippen molar-refractivity contribution in [3.05, 3.63) is 0 Å². The number of hydrogen-bond donors (Lipinski definition) is 0. The van der Waals surface area contributed by atoms with Gasteiger partial charge in [-0.15, -0.1) is 11.6 Å². The number of nitrogens with zero attached hydrogens (tertiary/aromatic N) is 1. The maximum atomic E-state index is 12.7. The van der Waals surface area contributed by atoms with Gasteiger partial charge in [-0.2, -0.15) is 13.2 Å². The molecule has 0 spiro atoms. The van der Waals surface area contributed by atoms with Crippen LogP contribution in [0.1, 0.15) is 38.5 Å². The number of likely N-dealkylation sites (tertiary alicyclic amines) is 1. The molecule has 1 aliphatic carbocycles. The van der Waals surface area contributed by atoms with Crippen LogP contribution < -0.4 is 0 Å². The lowest BCUT2D eigenvalue weighted by Crippen LogP contribution is -2.44. The zero-order valence-electron chi connectivity index (χ0n) is 10.8. The summed E-state index contributed by atoms with van der Waals surface area (Å²) in [5.74, 6) is -1.86. The Labute approximate surface area is 116 Å². The molecule has 6 heteroatoms. The van der Waals surface area contributed by atoms with Crippen LogP contribution in [0.2, 0.25) is 0 Å². The van der Waals surface area contributed by atoms with E-state index in [1.165, 1.54) is 0 Å². The van der Waals surface area contributed by atoms with Crippen molar-refractivity contribution in [2.24, 2.45) is 11.8 Å². The van der Waals surface area contributed by atoms with Gasteiger partial charge in [0.2, 0.25) is 5.91 Å². The van der Waals surface area contributed by atoms with Crippen molar-refractivity contribution >= 4 is 17.5 Å². The molecule has 0 aromatic heterocycles. The summed E-state index contributed by atoms with van der Waals surface area (Å²) < 4.78 is 38.2. The highest BCUT2D eigenvalue weighted by Gasteiger charge is 2.44. The predicted octanol–water partition coefficient (Wildman–Crippen LogP) is 3.58. The minimum absolute atomic E-state index is 0.0386. The lowest BCUT2D eigenvalue weighted by Gasteiger charge is -2.35. The number of piperidine rings is 1. The van der Waals surface area contributed by atoms with Crippen LogP contribution in [0, 0.1) is 11.8 Å². The number of carbonyl (C=O) groups excluding carboxylic acids is 1. The van der Waals surface area contributed by atoms with Crippen LogP contribution in [0.15, 0.2) is 0 Å². The van der Waals surface area contributed by atoms with Gasteiger partial charge < -0.3 is 4.90 Å². The van der Waals surface area contributed by atoms with Crippen molar-refractivity contribution in [3.8, 4) is 0 Å². The fourth-order valence-corrected chi connectivity index (χ4v) is 3.23. The minimum atomic E-state index is -4.16. The van der Waals surface area contributed by atoms with Gasteiger partial charge in [0.15, 0.2) is 0 Å². The molecule has 0 aromatic carbocycles. The Morgan fingerprint density at radius 3 is 2.32 bits per heavy atom. The molecule has 1 heterocycles. The summed E-state index contributed by atoms with van der Waals surface area (Å²) in [5.41, 5.74) is 0. The Kier molecular flexibility index (Phi) is 4.64. The largest absolute Gasteiger partial charge is 0.391 e. The molecule has 1 aliphatic heterocycles. The first-order valence-electron chi connectivity index (χ1n) is 6.87. The van der Waals surface area contributed by atoms with E-state index in [1.54, 1.807) is 4.90 Å². The van der Waals surface area contributed by atoms with Gasteiger partial charge in [-0.25, -0.2) is 0 Å². The second-order valence-electron chi connectivity index (χ2n) is 5.60. The lowest BCUT2D eigenvalue weighted by atomic mass is 9.80. The monoisotopic (exact) mass is 297 g/mol. The van der Waals surface area contributed by atoms with E-state index >= 15 is 0 Å². The third-order valence-electron chi connectivity index (χ3n) is 4.22. The van der Waals surface area contributed by atoms with Crippen LogP contribution in [-0.2, 0) is 4.79 Å². The highest BCUT2D eigenvalue weighted by molar-refractivity contribution is 6.20. The highest BCUT2D eigenvalue weighted by Crippen LogP contribution is 2.40. The average molecular weight is 298 g/mol. The fourth-order valence-electron chi connectivity index (χ4n) is 3.04. The zero-order chi connectivity index (χ0) is 14.0. The van der Waals surface area contributed by atoms with Crippen LogP contribution in [-0.4, -0.2) is 35.4 Å². The summed E-state index contributed by atoms with van der Waals surface area (Å²) in [6.07, 6.45) is -1.48. The van der Waals surface area contributed by atoms with Crippen LogP contribution in [0.25, 0.3) is 0 Å². The Morgan fingerprint density at radius 1 is 1.11 bits per heavy atom. The minimum Gasteiger partial charge on any atom is -0.342 e. The Bertz CT molecular complexity index is 326. The zero-order valence-corrected chi connectivity index (χ0v) is 11.5. The molecule has 2 unspecified atom stereocenters. The van der Waals surface area contributed by atoms with Gasteiger partial charge >= 0.3 is 6.18 Å². The van der Waals surface area contributed by atoms with E-state index < -0.39 is 18.0 Å². The van der Waals surface area contributed by atoms with Crippen molar-refractivity contribution in [1.29, 1.82) is 0 Å². The molecule has 19 heavy (non-hydrogen) atoms. The fraction of sp³-hybridized carbons (Fsp3) is 0.923. The van der Waals surface area contributed by atoms with Gasteiger partial charge in [0, 0.05) is 24.4 Å². The van der Waals surface area contributed by atoms with Crippen molar-refractivity contribution in [1.82, 2.24) is 4.90 Å². The summed E-state index contributed by atoms with van der Waals surface area (Å²) in [6.45, 7) is 1.17. The Morgan fingerprint density at radius 2 is 1.74 bits per heavy atom. The van der Waals surface area contributed by atoms with Gasteiger partial charge in [0.05, 0.1) is 5.92 Å². The van der Waals surface area contributed by atoms with Crippen molar-refractivity contribution < 1.29 is 18.0 Å². The normalized spacial score (nSPS) is 30.4. The first-order chi connectivity index (χ1) is 8.88. The third kappa shape index (κ3) is 3.77. The summed E-state index contributed by atoms with van der Waals surface area (Å²) in [6, 6.07) is 0. The lowest BCUT2D eigenvalue weighted by molar-refractivity contribution is -0.187. The molecule has 2 nitrogen and oxygen atoms in total. The Hall–Kier alpha value is -0.450. The average Bonchev–Trinajstić information content (AvgIpc) is 2.38. The summed E-state index contributed by atoms with van der Waals surface area (Å²) in [7, 11) is 0. The molecule has 0 bridgehead atoms. The number of hydrogen-bond acceptors (Lipinski definition) is 1. The Balaban J connectivity index is 1.92. The highest BCUT2D eigenvalue weighted by atomic mass is 35.5. The molecule has 0 radical (unpaired) electrons. The van der Waals surface area contributed by atoms with E-state index in [0.29, 0.717) is 25.9 Å². The molecule has 2 fully saturated rings. The quantitative estimate of drug-likeness (QED) is 0.677. The molecular formula is C13H19ClF3NO. The second-order valence-corrected chi connectivity index (χ2v) is 6.22. The molecule has 2 aliphatic rings. The van der Waals surface area contributed by atoms with Crippen molar-refractivity contribution in [2.75, 3.05) is 13.1 Å². The van der Waals surface area contributed by atoms with Crippen molar-refractivity contribution in [3.63, 3.8) is 0 Å². The van der Waals surface area contributed by atoms with Gasteiger partial charge in [-0.3, -0.25) is 4.79 Å². The van der Waals surface area contributed by atoms with Crippen LogP contribution in [0.3, 0.4) is 0 Å².